The van der Waals surface area contributed by atoms with E-state index in [1.807, 2.05) is 0 Å². The van der Waals surface area contributed by atoms with Crippen molar-refractivity contribution in [3.8, 4) is 0 Å². The topological polar surface area (TPSA) is 101 Å². The Balaban J connectivity index is 1.94. The number of alkyl halides is 3. The number of carbonyl (C=O) groups excluding carboxylic acids is 2. The molecule has 7 nitrogen and oxygen atoms in total. The van der Waals surface area contributed by atoms with Gasteiger partial charge in [0.1, 0.15) is 0 Å². The lowest BCUT2D eigenvalue weighted by Crippen LogP contribution is -2.37. The number of amides is 2. The Morgan fingerprint density at radius 3 is 2.54 bits per heavy atom. The van der Waals surface area contributed by atoms with Crippen LogP contribution in [-0.4, -0.2) is 40.7 Å². The van der Waals surface area contributed by atoms with Crippen molar-refractivity contribution in [2.45, 2.75) is 19.0 Å². The SMILES string of the molecule is NCC1CCN(c2nc(C=C3SC(=O)NC3=O)cc(C(F)(F)F)n2)CC1. The molecule has 0 radical (unpaired) electrons. The Kier molecular flexibility index (Phi) is 5.19. The number of imide groups is 1. The van der Waals surface area contributed by atoms with Gasteiger partial charge in [-0.2, -0.15) is 13.2 Å². The third-order valence-corrected chi connectivity index (χ3v) is 4.99. The molecule has 0 unspecified atom stereocenters. The molecule has 140 valence electrons. The number of halogens is 3. The zero-order valence-corrected chi connectivity index (χ0v) is 14.4. The van der Waals surface area contributed by atoms with Crippen molar-refractivity contribution in [2.75, 3.05) is 24.5 Å². The minimum atomic E-state index is -4.65. The van der Waals surface area contributed by atoms with Gasteiger partial charge in [0.25, 0.3) is 11.1 Å². The maximum absolute atomic E-state index is 13.2. The Hall–Kier alpha value is -2.14. The van der Waals surface area contributed by atoms with Crippen LogP contribution in [0.1, 0.15) is 24.2 Å². The monoisotopic (exact) mass is 387 g/mol. The van der Waals surface area contributed by atoms with Crippen LogP contribution in [0.25, 0.3) is 6.08 Å². The summed E-state index contributed by atoms with van der Waals surface area (Å²) in [6.45, 7) is 1.55. The summed E-state index contributed by atoms with van der Waals surface area (Å²) in [5, 5.41) is 1.48. The van der Waals surface area contributed by atoms with Gasteiger partial charge in [-0.05, 0) is 49.2 Å². The molecule has 0 bridgehead atoms. The van der Waals surface area contributed by atoms with E-state index >= 15 is 0 Å². The molecule has 3 N–H and O–H groups in total. The minimum absolute atomic E-state index is 0.00499. The first kappa shape index (κ1) is 18.6. The Morgan fingerprint density at radius 2 is 2.00 bits per heavy atom. The quantitative estimate of drug-likeness (QED) is 0.765. The Bertz CT molecular complexity index is 760. The molecular formula is C15H16F3N5O2S. The van der Waals surface area contributed by atoms with Crippen molar-refractivity contribution in [1.82, 2.24) is 15.3 Å². The molecule has 1 aromatic rings. The first-order chi connectivity index (χ1) is 12.3. The standard InChI is InChI=1S/C15H16F3N5O2S/c16-15(17,18)11-6-9(5-10-12(24)22-14(25)26-10)20-13(21-11)23-3-1-8(7-19)2-4-23/h5-6,8H,1-4,7,19H2,(H,22,24,25). The zero-order chi connectivity index (χ0) is 18.9. The molecule has 1 aromatic heterocycles. The summed E-state index contributed by atoms with van der Waals surface area (Å²) in [4.78, 5) is 32.3. The summed E-state index contributed by atoms with van der Waals surface area (Å²) in [5.74, 6) is -0.363. The molecule has 2 saturated heterocycles. The number of anilines is 1. The largest absolute Gasteiger partial charge is 0.433 e. The lowest BCUT2D eigenvalue weighted by Gasteiger charge is -2.31. The summed E-state index contributed by atoms with van der Waals surface area (Å²) in [7, 11) is 0. The zero-order valence-electron chi connectivity index (χ0n) is 13.5. The second-order valence-corrected chi connectivity index (χ2v) is 7.01. The molecule has 26 heavy (non-hydrogen) atoms. The van der Waals surface area contributed by atoms with Crippen LogP contribution in [-0.2, 0) is 11.0 Å². The number of piperidine rings is 1. The number of hydrogen-bond donors (Lipinski definition) is 2. The molecule has 0 saturated carbocycles. The average molecular weight is 387 g/mol. The van der Waals surface area contributed by atoms with Crippen LogP contribution < -0.4 is 16.0 Å². The van der Waals surface area contributed by atoms with E-state index in [9.17, 15) is 22.8 Å². The van der Waals surface area contributed by atoms with Crippen LogP contribution in [0.3, 0.4) is 0 Å². The van der Waals surface area contributed by atoms with Crippen molar-refractivity contribution in [2.24, 2.45) is 11.7 Å². The predicted octanol–water partition coefficient (Wildman–Crippen LogP) is 1.99. The molecule has 3 heterocycles. The molecule has 0 spiro atoms. The number of thioether (sulfide) groups is 1. The van der Waals surface area contributed by atoms with Crippen LogP contribution in [0.15, 0.2) is 11.0 Å². The summed E-state index contributed by atoms with van der Waals surface area (Å²) in [5.41, 5.74) is 4.47. The molecule has 0 aliphatic carbocycles. The maximum atomic E-state index is 13.2. The highest BCUT2D eigenvalue weighted by atomic mass is 32.2. The van der Waals surface area contributed by atoms with Crippen molar-refractivity contribution in [3.05, 3.63) is 22.4 Å². The lowest BCUT2D eigenvalue weighted by atomic mass is 9.97. The van der Waals surface area contributed by atoms with E-state index in [1.165, 1.54) is 0 Å². The first-order valence-corrected chi connectivity index (χ1v) is 8.74. The number of nitrogens with one attached hydrogen (secondary N) is 1. The fourth-order valence-corrected chi connectivity index (χ4v) is 3.40. The van der Waals surface area contributed by atoms with Crippen LogP contribution in [0.2, 0.25) is 0 Å². The number of nitrogens with zero attached hydrogens (tertiary/aromatic N) is 3. The van der Waals surface area contributed by atoms with Crippen molar-refractivity contribution in [3.63, 3.8) is 0 Å². The summed E-state index contributed by atoms with van der Waals surface area (Å²) in [6, 6.07) is 0.764. The van der Waals surface area contributed by atoms with Gasteiger partial charge in [-0.25, -0.2) is 9.97 Å². The fraction of sp³-hybridized carbons (Fsp3) is 0.467. The molecule has 0 aromatic carbocycles. The molecule has 2 fully saturated rings. The van der Waals surface area contributed by atoms with Gasteiger partial charge in [0.05, 0.1) is 10.6 Å². The van der Waals surface area contributed by atoms with E-state index in [1.54, 1.807) is 4.90 Å². The predicted molar refractivity (Wildman–Crippen MR) is 90.1 cm³/mol. The molecule has 0 atom stereocenters. The van der Waals surface area contributed by atoms with Crippen LogP contribution in [0.4, 0.5) is 23.9 Å². The molecule has 2 amide bonds. The van der Waals surface area contributed by atoms with E-state index in [2.05, 4.69) is 15.3 Å². The van der Waals surface area contributed by atoms with E-state index in [0.29, 0.717) is 37.3 Å². The summed E-state index contributed by atoms with van der Waals surface area (Å²) in [6.07, 6.45) is -1.99. The Morgan fingerprint density at radius 1 is 1.31 bits per heavy atom. The minimum Gasteiger partial charge on any atom is -0.341 e. The third kappa shape index (κ3) is 4.15. The average Bonchev–Trinajstić information content (AvgIpc) is 2.91. The van der Waals surface area contributed by atoms with Crippen LogP contribution >= 0.6 is 11.8 Å². The number of rotatable bonds is 3. The normalized spacial score (nSPS) is 20.8. The molecule has 2 aliphatic rings. The fourth-order valence-electron chi connectivity index (χ4n) is 2.74. The lowest BCUT2D eigenvalue weighted by molar-refractivity contribution is -0.141. The number of nitrogens with two attached hydrogens (primary N) is 1. The second-order valence-electron chi connectivity index (χ2n) is 5.99. The van der Waals surface area contributed by atoms with Gasteiger partial charge in [0.2, 0.25) is 5.95 Å². The van der Waals surface area contributed by atoms with Crippen LogP contribution in [0.5, 0.6) is 0 Å². The van der Waals surface area contributed by atoms with Gasteiger partial charge < -0.3 is 10.6 Å². The highest BCUT2D eigenvalue weighted by Gasteiger charge is 2.35. The van der Waals surface area contributed by atoms with E-state index in [4.69, 9.17) is 5.73 Å². The number of carbonyl (C=O) groups is 2. The second kappa shape index (κ2) is 7.23. The molecule has 3 rings (SSSR count). The highest BCUT2D eigenvalue weighted by Crippen LogP contribution is 2.32. The van der Waals surface area contributed by atoms with Gasteiger partial charge in [-0.3, -0.25) is 14.9 Å². The maximum Gasteiger partial charge on any atom is 0.433 e. The van der Waals surface area contributed by atoms with E-state index in [-0.39, 0.29) is 16.5 Å². The third-order valence-electron chi connectivity index (χ3n) is 4.18. The van der Waals surface area contributed by atoms with Gasteiger partial charge in [0, 0.05) is 13.1 Å². The van der Waals surface area contributed by atoms with Crippen molar-refractivity contribution >= 4 is 34.9 Å². The highest BCUT2D eigenvalue weighted by molar-refractivity contribution is 8.18. The number of aromatic nitrogens is 2. The molecule has 2 aliphatic heterocycles. The summed E-state index contributed by atoms with van der Waals surface area (Å²) >= 11 is 0.619. The number of hydrogen-bond acceptors (Lipinski definition) is 7. The van der Waals surface area contributed by atoms with Crippen LogP contribution in [0, 0.1) is 5.92 Å². The molecular weight excluding hydrogens is 371 g/mol. The van der Waals surface area contributed by atoms with Crippen molar-refractivity contribution < 1.29 is 22.8 Å². The van der Waals surface area contributed by atoms with E-state index in [0.717, 1.165) is 25.0 Å². The smallest absolute Gasteiger partial charge is 0.341 e. The van der Waals surface area contributed by atoms with Gasteiger partial charge in [-0.1, -0.05) is 0 Å². The Labute approximate surface area is 151 Å². The van der Waals surface area contributed by atoms with E-state index < -0.39 is 23.0 Å². The van der Waals surface area contributed by atoms with Gasteiger partial charge in [-0.15, -0.1) is 0 Å². The van der Waals surface area contributed by atoms with Crippen molar-refractivity contribution in [1.29, 1.82) is 0 Å². The molecule has 11 heteroatoms. The van der Waals surface area contributed by atoms with Gasteiger partial charge in [0.15, 0.2) is 5.69 Å². The summed E-state index contributed by atoms with van der Waals surface area (Å²) < 4.78 is 39.6. The van der Waals surface area contributed by atoms with Gasteiger partial charge >= 0.3 is 6.18 Å². The first-order valence-electron chi connectivity index (χ1n) is 7.92.